The van der Waals surface area contributed by atoms with Gasteiger partial charge in [-0.05, 0) is 12.8 Å². The quantitative estimate of drug-likeness (QED) is 0.709. The van der Waals surface area contributed by atoms with Crippen molar-refractivity contribution in [1.82, 2.24) is 9.97 Å². The number of anilines is 1. The van der Waals surface area contributed by atoms with Crippen LogP contribution in [0.25, 0.3) is 0 Å². The van der Waals surface area contributed by atoms with Gasteiger partial charge in [-0.1, -0.05) is 0 Å². The average molecular weight is 257 g/mol. The molecule has 0 radical (unpaired) electrons. The Morgan fingerprint density at radius 2 is 1.81 bits per heavy atom. The van der Waals surface area contributed by atoms with Gasteiger partial charge in [0.1, 0.15) is 11.4 Å². The Morgan fingerprint density at radius 3 is 2.38 bits per heavy atom. The topological polar surface area (TPSA) is 29.0 Å². The summed E-state index contributed by atoms with van der Waals surface area (Å²) in [6, 6.07) is 0. The summed E-state index contributed by atoms with van der Waals surface area (Å²) in [5, 5.41) is 0. The molecule has 0 aromatic carbocycles. The predicted octanol–water partition coefficient (Wildman–Crippen LogP) is 0.215. The van der Waals surface area contributed by atoms with E-state index < -0.39 is 7.27 Å². The zero-order valence-corrected chi connectivity index (χ0v) is 8.07. The zero-order valence-electron chi connectivity index (χ0n) is 8.07. The first-order valence-electron chi connectivity index (χ1n) is 4.62. The van der Waals surface area contributed by atoms with E-state index in [1.807, 2.05) is 4.90 Å². The summed E-state index contributed by atoms with van der Waals surface area (Å²) in [6.07, 6.45) is 4.85. The van der Waals surface area contributed by atoms with Gasteiger partial charge in [0.2, 0.25) is 0 Å². The molecule has 0 unspecified atom stereocenters. The molecule has 2 heterocycles. The van der Waals surface area contributed by atoms with Gasteiger partial charge in [0, 0.05) is 19.3 Å². The molecule has 0 N–H and O–H groups in total. The number of aromatic nitrogens is 2. The second-order valence-corrected chi connectivity index (χ2v) is 3.30. The second kappa shape index (κ2) is 7.65. The van der Waals surface area contributed by atoms with Crippen LogP contribution >= 0.6 is 0 Å². The molecule has 0 atom stereocenters. The summed E-state index contributed by atoms with van der Waals surface area (Å²) in [7, 11) is -2.54. The molecule has 0 spiro atoms. The van der Waals surface area contributed by atoms with Gasteiger partial charge in [-0.2, -0.15) is 0 Å². The van der Waals surface area contributed by atoms with E-state index in [1.165, 1.54) is 6.20 Å². The molecule has 84 valence electrons. The minimum absolute atomic E-state index is 0. The first kappa shape index (κ1) is 16.4. The summed E-state index contributed by atoms with van der Waals surface area (Å²) < 4.78 is 24.6. The van der Waals surface area contributed by atoms with Crippen LogP contribution in [0.1, 0.15) is 12.8 Å². The molecule has 0 bridgehead atoms. The molecule has 1 aromatic heterocycles. The Kier molecular flexibility index (Phi) is 7.83. The van der Waals surface area contributed by atoms with Crippen LogP contribution in [0.2, 0.25) is 0 Å². The maximum atomic E-state index is 12.3. The van der Waals surface area contributed by atoms with Gasteiger partial charge in [0.05, 0.1) is 6.20 Å². The third kappa shape index (κ3) is 3.99. The van der Waals surface area contributed by atoms with Gasteiger partial charge < -0.3 is 4.90 Å². The molecule has 0 amide bonds. The maximum absolute atomic E-state index is 12.3. The number of hydrogen-bond acceptors (Lipinski definition) is 3. The number of halogens is 3. The predicted molar refractivity (Wildman–Crippen MR) is 60.7 cm³/mol. The van der Waals surface area contributed by atoms with Crippen molar-refractivity contribution in [3.8, 4) is 0 Å². The number of nitrogens with zero attached hydrogens (tertiary/aromatic N) is 3. The molecule has 0 saturated carbocycles. The van der Waals surface area contributed by atoms with Gasteiger partial charge in [-0.25, -0.2) is 4.98 Å². The van der Waals surface area contributed by atoms with Crippen LogP contribution in [0.4, 0.5) is 19.2 Å². The molecule has 1 aliphatic heterocycles. The first-order chi connectivity index (χ1) is 6.77. The van der Waals surface area contributed by atoms with Crippen molar-refractivity contribution in [1.29, 1.82) is 0 Å². The molecule has 8 heteroatoms. The van der Waals surface area contributed by atoms with E-state index in [4.69, 9.17) is 0 Å². The Balaban J connectivity index is 0.00000112. The average Bonchev–Trinajstić information content (AvgIpc) is 2.71. The molecular formula is C8H12BF3KN3. The third-order valence-electron chi connectivity index (χ3n) is 2.29. The van der Waals surface area contributed by atoms with Crippen molar-refractivity contribution < 1.29 is 13.3 Å². The van der Waals surface area contributed by atoms with Crippen molar-refractivity contribution in [2.24, 2.45) is 0 Å². The Hall–Kier alpha value is 0.371. The second-order valence-electron chi connectivity index (χ2n) is 3.30. The van der Waals surface area contributed by atoms with E-state index in [-0.39, 0.29) is 61.7 Å². The Labute approximate surface area is 135 Å². The van der Waals surface area contributed by atoms with Gasteiger partial charge in [0.25, 0.3) is 0 Å². The van der Waals surface area contributed by atoms with Crippen LogP contribution in [0.5, 0.6) is 0 Å². The molecule has 1 saturated heterocycles. The monoisotopic (exact) mass is 257 g/mol. The standard InChI is InChI=1S/C8H10BF2N3.FH.K.H/c10-9(11)7-5-12-6-8(13-7)14-3-1-2-4-14;;;/h5-6H,1-4H2;1H;;. The molecule has 1 aliphatic rings. The number of rotatable bonds is 2. The van der Waals surface area contributed by atoms with Crippen molar-refractivity contribution in [2.45, 2.75) is 12.8 Å². The normalized spacial score (nSPS) is 14.0. The van der Waals surface area contributed by atoms with Crippen LogP contribution in [-0.2, 0) is 0 Å². The van der Waals surface area contributed by atoms with Crippen molar-refractivity contribution in [3.63, 3.8) is 0 Å². The molecule has 3 nitrogen and oxygen atoms in total. The summed E-state index contributed by atoms with van der Waals surface area (Å²) in [6.45, 7) is 1.78. The number of hydrogen-bond donors (Lipinski definition) is 0. The first-order valence-corrected chi connectivity index (χ1v) is 4.62. The van der Waals surface area contributed by atoms with Gasteiger partial charge >= 0.3 is 58.7 Å². The molecule has 1 aromatic rings. The van der Waals surface area contributed by atoms with Crippen molar-refractivity contribution >= 4 is 70.1 Å². The van der Waals surface area contributed by atoms with E-state index in [2.05, 4.69) is 9.97 Å². The molecule has 1 fully saturated rings. The fourth-order valence-corrected chi connectivity index (χ4v) is 1.57. The fourth-order valence-electron chi connectivity index (χ4n) is 1.57. The van der Waals surface area contributed by atoms with Crippen LogP contribution in [-0.4, -0.2) is 81.7 Å². The van der Waals surface area contributed by atoms with E-state index in [0.717, 1.165) is 32.1 Å². The summed E-state index contributed by atoms with van der Waals surface area (Å²) >= 11 is 0. The summed E-state index contributed by atoms with van der Waals surface area (Å²) in [5.74, 6) is 0.570. The van der Waals surface area contributed by atoms with Crippen LogP contribution in [0, 0.1) is 0 Å². The van der Waals surface area contributed by atoms with E-state index in [9.17, 15) is 8.63 Å². The Bertz CT molecular complexity index is 323. The van der Waals surface area contributed by atoms with Crippen LogP contribution in [0.3, 0.4) is 0 Å². The Morgan fingerprint density at radius 1 is 1.19 bits per heavy atom. The zero-order chi connectivity index (χ0) is 9.97. The van der Waals surface area contributed by atoms with Gasteiger partial charge in [-0.15, -0.1) is 0 Å². The van der Waals surface area contributed by atoms with E-state index >= 15 is 0 Å². The summed E-state index contributed by atoms with van der Waals surface area (Å²) in [4.78, 5) is 9.62. The SMILES string of the molecule is F.FB(F)c1cncc(N2CCCC2)n1.[KH]. The van der Waals surface area contributed by atoms with Crippen molar-refractivity contribution in [2.75, 3.05) is 18.0 Å². The summed E-state index contributed by atoms with van der Waals surface area (Å²) in [5.41, 5.74) is -0.241. The fraction of sp³-hybridized carbons (Fsp3) is 0.500. The molecule has 2 rings (SSSR count). The van der Waals surface area contributed by atoms with E-state index in [0.29, 0.717) is 5.82 Å². The van der Waals surface area contributed by atoms with Crippen molar-refractivity contribution in [3.05, 3.63) is 12.4 Å². The molecular weight excluding hydrogens is 245 g/mol. The molecule has 0 aliphatic carbocycles. The van der Waals surface area contributed by atoms with Crippen LogP contribution < -0.4 is 10.5 Å². The van der Waals surface area contributed by atoms with Gasteiger partial charge in [-0.3, -0.25) is 18.3 Å². The minimum atomic E-state index is -2.54. The van der Waals surface area contributed by atoms with Gasteiger partial charge in [0.15, 0.2) is 0 Å². The molecule has 16 heavy (non-hydrogen) atoms. The van der Waals surface area contributed by atoms with Crippen LogP contribution in [0.15, 0.2) is 12.4 Å². The third-order valence-corrected chi connectivity index (χ3v) is 2.29. The van der Waals surface area contributed by atoms with E-state index in [1.54, 1.807) is 0 Å².